The molecule has 1 aromatic heterocycles. The van der Waals surface area contributed by atoms with Crippen LogP contribution >= 0.6 is 22.9 Å². The molecule has 0 aromatic carbocycles. The van der Waals surface area contributed by atoms with Gasteiger partial charge in [-0.3, -0.25) is 0 Å². The Balaban J connectivity index is 1.89. The lowest BCUT2D eigenvalue weighted by molar-refractivity contribution is 0.0602. The molecule has 0 saturated heterocycles. The molecule has 1 aliphatic rings. The van der Waals surface area contributed by atoms with Crippen molar-refractivity contribution in [3.63, 3.8) is 0 Å². The normalized spacial score (nSPS) is 21.4. The van der Waals surface area contributed by atoms with E-state index in [2.05, 4.69) is 0 Å². The first-order chi connectivity index (χ1) is 9.14. The molecule has 0 spiro atoms. The fourth-order valence-corrected chi connectivity index (χ4v) is 2.80. The number of halogens is 1. The molecule has 0 bridgehead atoms. The second kappa shape index (κ2) is 6.26. The number of hydrogen-bond acceptors (Lipinski definition) is 4. The molecule has 1 atom stereocenters. The molecule has 0 unspecified atom stereocenters. The molecular formula is C14H15ClO3S. The lowest BCUT2D eigenvalue weighted by Gasteiger charge is -2.23. The molecule has 5 heteroatoms. The summed E-state index contributed by atoms with van der Waals surface area (Å²) < 4.78 is 10.3. The van der Waals surface area contributed by atoms with E-state index in [-0.39, 0.29) is 10.8 Å². The average Bonchev–Trinajstić information content (AvgIpc) is 2.87. The molecule has 1 heterocycles. The van der Waals surface area contributed by atoms with Gasteiger partial charge < -0.3 is 9.47 Å². The van der Waals surface area contributed by atoms with Crippen molar-refractivity contribution >= 4 is 28.9 Å². The lowest BCUT2D eigenvalue weighted by atomic mass is 9.97. The first kappa shape index (κ1) is 14.2. The van der Waals surface area contributed by atoms with E-state index in [1.165, 1.54) is 18.4 Å². The molecule has 0 N–H and O–H groups in total. The minimum absolute atomic E-state index is 0.369. The molecule has 0 amide bonds. The summed E-state index contributed by atoms with van der Waals surface area (Å²) in [5.74, 6) is 0.193. The number of alkyl halides is 1. The van der Waals surface area contributed by atoms with Crippen molar-refractivity contribution < 1.29 is 14.3 Å². The van der Waals surface area contributed by atoms with Crippen LogP contribution in [0.5, 0.6) is 5.75 Å². The zero-order valence-corrected chi connectivity index (χ0v) is 12.2. The summed E-state index contributed by atoms with van der Waals surface area (Å²) in [4.78, 5) is 11.6. The van der Waals surface area contributed by atoms with Gasteiger partial charge in [0.25, 0.3) is 0 Å². The fraction of sp³-hybridized carbons (Fsp3) is 0.357. The lowest BCUT2D eigenvalue weighted by Crippen LogP contribution is -2.22. The number of methoxy groups -OCH3 is 1. The average molecular weight is 299 g/mol. The van der Waals surface area contributed by atoms with Crippen LogP contribution in [0.3, 0.4) is 0 Å². The molecule has 0 fully saturated rings. The Morgan fingerprint density at radius 1 is 1.53 bits per heavy atom. The van der Waals surface area contributed by atoms with Crippen molar-refractivity contribution in [3.05, 3.63) is 40.6 Å². The van der Waals surface area contributed by atoms with Gasteiger partial charge in [0.05, 0.1) is 18.6 Å². The van der Waals surface area contributed by atoms with E-state index in [0.717, 1.165) is 6.42 Å². The smallest absolute Gasteiger partial charge is 0.351 e. The second-order valence-corrected chi connectivity index (χ2v) is 5.90. The van der Waals surface area contributed by atoms with Gasteiger partial charge in [-0.15, -0.1) is 22.9 Å². The van der Waals surface area contributed by atoms with E-state index in [1.807, 2.05) is 24.3 Å². The van der Waals surface area contributed by atoms with Gasteiger partial charge in [0.15, 0.2) is 4.88 Å². The van der Waals surface area contributed by atoms with Crippen LogP contribution in [0.25, 0.3) is 0 Å². The molecule has 2 rings (SSSR count). The standard InChI is InChI=1S/C14H15ClO3S/c1-17-13(16)12-11(5-10-19-12)18-9-8-14(15)6-3-2-4-7-14/h2-6,10H,7-9H2,1H3/t14-/m1/s1. The van der Waals surface area contributed by atoms with Crippen molar-refractivity contribution in [2.24, 2.45) is 0 Å². The van der Waals surface area contributed by atoms with Crippen LogP contribution in [0.1, 0.15) is 22.5 Å². The fourth-order valence-electron chi connectivity index (χ4n) is 1.81. The first-order valence-electron chi connectivity index (χ1n) is 5.96. The number of esters is 1. The van der Waals surface area contributed by atoms with Crippen LogP contribution in [-0.4, -0.2) is 24.6 Å². The van der Waals surface area contributed by atoms with Crippen molar-refractivity contribution in [2.75, 3.05) is 13.7 Å². The summed E-state index contributed by atoms with van der Waals surface area (Å²) in [5.41, 5.74) is 0. The Kier molecular flexibility index (Phi) is 4.66. The first-order valence-corrected chi connectivity index (χ1v) is 7.22. The molecular weight excluding hydrogens is 284 g/mol. The maximum atomic E-state index is 11.5. The largest absolute Gasteiger partial charge is 0.492 e. The van der Waals surface area contributed by atoms with Gasteiger partial charge in [0, 0.05) is 6.42 Å². The number of ether oxygens (including phenoxy) is 2. The quantitative estimate of drug-likeness (QED) is 0.613. The van der Waals surface area contributed by atoms with Gasteiger partial charge in [-0.05, 0) is 17.9 Å². The van der Waals surface area contributed by atoms with Gasteiger partial charge in [0.1, 0.15) is 5.75 Å². The highest BCUT2D eigenvalue weighted by Crippen LogP contribution is 2.31. The molecule has 19 heavy (non-hydrogen) atoms. The van der Waals surface area contributed by atoms with Gasteiger partial charge in [-0.25, -0.2) is 4.79 Å². The van der Waals surface area contributed by atoms with Crippen LogP contribution in [0.4, 0.5) is 0 Å². The maximum Gasteiger partial charge on any atom is 0.351 e. The Morgan fingerprint density at radius 2 is 2.37 bits per heavy atom. The monoisotopic (exact) mass is 298 g/mol. The van der Waals surface area contributed by atoms with E-state index in [4.69, 9.17) is 21.1 Å². The molecule has 102 valence electrons. The zero-order valence-electron chi connectivity index (χ0n) is 10.6. The molecule has 0 saturated carbocycles. The van der Waals surface area contributed by atoms with Crippen LogP contribution < -0.4 is 4.74 Å². The number of carbonyl (C=O) groups excluding carboxylic acids is 1. The summed E-state index contributed by atoms with van der Waals surface area (Å²) in [6.45, 7) is 0.461. The predicted molar refractivity (Wildman–Crippen MR) is 77.3 cm³/mol. The second-order valence-electron chi connectivity index (χ2n) is 4.23. The van der Waals surface area contributed by atoms with Crippen molar-refractivity contribution in [1.82, 2.24) is 0 Å². The molecule has 1 aliphatic carbocycles. The highest BCUT2D eigenvalue weighted by Gasteiger charge is 2.24. The van der Waals surface area contributed by atoms with Crippen molar-refractivity contribution in [3.8, 4) is 5.75 Å². The van der Waals surface area contributed by atoms with Crippen molar-refractivity contribution in [1.29, 1.82) is 0 Å². The van der Waals surface area contributed by atoms with E-state index >= 15 is 0 Å². The van der Waals surface area contributed by atoms with Crippen LogP contribution in [0, 0.1) is 0 Å². The highest BCUT2D eigenvalue weighted by molar-refractivity contribution is 7.12. The van der Waals surface area contributed by atoms with E-state index in [1.54, 1.807) is 11.4 Å². The number of rotatable bonds is 5. The number of thiophene rings is 1. The van der Waals surface area contributed by atoms with Crippen molar-refractivity contribution in [2.45, 2.75) is 17.7 Å². The summed E-state index contributed by atoms with van der Waals surface area (Å²) in [6, 6.07) is 1.77. The molecule has 3 nitrogen and oxygen atoms in total. The van der Waals surface area contributed by atoms with Gasteiger partial charge in [-0.1, -0.05) is 24.3 Å². The van der Waals surface area contributed by atoms with Gasteiger partial charge in [-0.2, -0.15) is 0 Å². The molecule has 0 radical (unpaired) electrons. The minimum Gasteiger partial charge on any atom is -0.492 e. The molecule has 1 aromatic rings. The Hall–Kier alpha value is -1.26. The number of hydrogen-bond donors (Lipinski definition) is 0. The van der Waals surface area contributed by atoms with Crippen LogP contribution in [0.15, 0.2) is 35.8 Å². The Morgan fingerprint density at radius 3 is 3.05 bits per heavy atom. The highest BCUT2D eigenvalue weighted by atomic mass is 35.5. The van der Waals surface area contributed by atoms with Gasteiger partial charge >= 0.3 is 5.97 Å². The Bertz CT molecular complexity index is 507. The predicted octanol–water partition coefficient (Wildman–Crippen LogP) is 3.80. The zero-order chi connectivity index (χ0) is 13.7. The third-order valence-corrected chi connectivity index (χ3v) is 4.22. The summed E-state index contributed by atoms with van der Waals surface area (Å²) in [5, 5.41) is 1.81. The maximum absolute atomic E-state index is 11.5. The summed E-state index contributed by atoms with van der Waals surface area (Å²) in [6.07, 6.45) is 9.43. The number of allylic oxidation sites excluding steroid dienone is 4. The summed E-state index contributed by atoms with van der Waals surface area (Å²) in [7, 11) is 1.36. The van der Waals surface area contributed by atoms with Gasteiger partial charge in [0.2, 0.25) is 0 Å². The summed E-state index contributed by atoms with van der Waals surface area (Å²) >= 11 is 7.75. The third kappa shape index (κ3) is 3.61. The minimum atomic E-state index is -0.379. The Labute approximate surface area is 121 Å². The van der Waals surface area contributed by atoms with E-state index in [0.29, 0.717) is 23.7 Å². The third-order valence-electron chi connectivity index (χ3n) is 2.87. The van der Waals surface area contributed by atoms with E-state index < -0.39 is 0 Å². The van der Waals surface area contributed by atoms with Crippen LogP contribution in [-0.2, 0) is 4.74 Å². The molecule has 0 aliphatic heterocycles. The number of carbonyl (C=O) groups is 1. The van der Waals surface area contributed by atoms with E-state index in [9.17, 15) is 4.79 Å². The topological polar surface area (TPSA) is 35.5 Å². The van der Waals surface area contributed by atoms with Crippen LogP contribution in [0.2, 0.25) is 0 Å². The SMILES string of the molecule is COC(=O)c1sccc1OCC[C@@]1(Cl)C=CC=CC1.